The van der Waals surface area contributed by atoms with Crippen molar-refractivity contribution in [3.8, 4) is 0 Å². The minimum atomic E-state index is 0.565. The molecule has 0 aliphatic rings. The fourth-order valence-electron chi connectivity index (χ4n) is 2.58. The van der Waals surface area contributed by atoms with Gasteiger partial charge in [-0.1, -0.05) is 32.0 Å². The Balaban J connectivity index is 2.04. The summed E-state index contributed by atoms with van der Waals surface area (Å²) >= 11 is 0. The number of nitrogens with one attached hydrogen (secondary N) is 1. The maximum absolute atomic E-state index is 5.85. The summed E-state index contributed by atoms with van der Waals surface area (Å²) in [6, 6.07) is 8.46. The van der Waals surface area contributed by atoms with Gasteiger partial charge in [-0.05, 0) is 37.1 Å². The summed E-state index contributed by atoms with van der Waals surface area (Å²) in [5.74, 6) is 1.20. The van der Waals surface area contributed by atoms with Gasteiger partial charge in [0.25, 0.3) is 0 Å². The highest BCUT2D eigenvalue weighted by molar-refractivity contribution is 5.82. The molecule has 1 unspecified atom stereocenters. The lowest BCUT2D eigenvalue weighted by atomic mass is 9.95. The SMILES string of the molecule is CC(C)C(CN)CN(C)Cc1c[nH]c2ccccc12. The van der Waals surface area contributed by atoms with Gasteiger partial charge in [0.15, 0.2) is 0 Å². The van der Waals surface area contributed by atoms with Crippen LogP contribution in [0.2, 0.25) is 0 Å². The zero-order chi connectivity index (χ0) is 13.8. The molecule has 104 valence electrons. The molecule has 0 radical (unpaired) electrons. The van der Waals surface area contributed by atoms with Crippen molar-refractivity contribution in [2.45, 2.75) is 20.4 Å². The average molecular weight is 259 g/mol. The molecular weight excluding hydrogens is 234 g/mol. The molecule has 1 aromatic heterocycles. The van der Waals surface area contributed by atoms with Crippen molar-refractivity contribution in [2.24, 2.45) is 17.6 Å². The molecule has 0 spiro atoms. The number of para-hydroxylation sites is 1. The molecule has 2 rings (SSSR count). The van der Waals surface area contributed by atoms with E-state index < -0.39 is 0 Å². The van der Waals surface area contributed by atoms with Crippen LogP contribution in [0.15, 0.2) is 30.5 Å². The normalized spacial score (nSPS) is 13.6. The molecule has 0 bridgehead atoms. The molecule has 0 fully saturated rings. The monoisotopic (exact) mass is 259 g/mol. The zero-order valence-corrected chi connectivity index (χ0v) is 12.2. The minimum Gasteiger partial charge on any atom is -0.361 e. The first-order chi connectivity index (χ1) is 9.11. The van der Waals surface area contributed by atoms with Crippen LogP contribution in [0.4, 0.5) is 0 Å². The molecule has 3 nitrogen and oxygen atoms in total. The fraction of sp³-hybridized carbons (Fsp3) is 0.500. The van der Waals surface area contributed by atoms with Gasteiger partial charge >= 0.3 is 0 Å². The summed E-state index contributed by atoms with van der Waals surface area (Å²) in [6.45, 7) is 7.27. The fourth-order valence-corrected chi connectivity index (χ4v) is 2.58. The third kappa shape index (κ3) is 3.37. The second-order valence-corrected chi connectivity index (χ2v) is 5.80. The Morgan fingerprint density at radius 2 is 2.00 bits per heavy atom. The molecule has 0 amide bonds. The maximum Gasteiger partial charge on any atom is 0.0457 e. The van der Waals surface area contributed by atoms with Crippen molar-refractivity contribution < 1.29 is 0 Å². The predicted octanol–water partition coefficient (Wildman–Crippen LogP) is 2.83. The van der Waals surface area contributed by atoms with Crippen molar-refractivity contribution in [2.75, 3.05) is 20.1 Å². The second-order valence-electron chi connectivity index (χ2n) is 5.80. The van der Waals surface area contributed by atoms with E-state index in [0.29, 0.717) is 11.8 Å². The van der Waals surface area contributed by atoms with Gasteiger partial charge in [-0.15, -0.1) is 0 Å². The Hall–Kier alpha value is -1.32. The Morgan fingerprint density at radius 3 is 2.68 bits per heavy atom. The number of nitrogens with zero attached hydrogens (tertiary/aromatic N) is 1. The molecule has 0 aliphatic carbocycles. The van der Waals surface area contributed by atoms with E-state index in [9.17, 15) is 0 Å². The van der Waals surface area contributed by atoms with E-state index in [4.69, 9.17) is 5.73 Å². The Morgan fingerprint density at radius 1 is 1.26 bits per heavy atom. The highest BCUT2D eigenvalue weighted by Gasteiger charge is 2.15. The van der Waals surface area contributed by atoms with Crippen LogP contribution < -0.4 is 5.73 Å². The molecular formula is C16H25N3. The first-order valence-corrected chi connectivity index (χ1v) is 7.05. The molecule has 1 aromatic carbocycles. The summed E-state index contributed by atoms with van der Waals surface area (Å²) in [6.07, 6.45) is 2.12. The van der Waals surface area contributed by atoms with Gasteiger partial charge in [0, 0.05) is 30.2 Å². The van der Waals surface area contributed by atoms with Crippen LogP contribution in [0.1, 0.15) is 19.4 Å². The van der Waals surface area contributed by atoms with Crippen LogP contribution in [0.25, 0.3) is 10.9 Å². The van der Waals surface area contributed by atoms with Crippen molar-refractivity contribution in [1.29, 1.82) is 0 Å². The van der Waals surface area contributed by atoms with Crippen LogP contribution in [-0.4, -0.2) is 30.0 Å². The second kappa shape index (κ2) is 6.22. The molecule has 0 saturated heterocycles. The Bertz CT molecular complexity index is 515. The van der Waals surface area contributed by atoms with E-state index in [2.05, 4.69) is 61.2 Å². The molecule has 3 heteroatoms. The van der Waals surface area contributed by atoms with Crippen molar-refractivity contribution >= 4 is 10.9 Å². The largest absolute Gasteiger partial charge is 0.361 e. The highest BCUT2D eigenvalue weighted by Crippen LogP contribution is 2.20. The van der Waals surface area contributed by atoms with E-state index in [1.54, 1.807) is 0 Å². The van der Waals surface area contributed by atoms with Crippen molar-refractivity contribution in [3.63, 3.8) is 0 Å². The summed E-state index contributed by atoms with van der Waals surface area (Å²) in [5.41, 5.74) is 8.43. The van der Waals surface area contributed by atoms with Crippen LogP contribution in [0, 0.1) is 11.8 Å². The number of hydrogen-bond acceptors (Lipinski definition) is 2. The summed E-state index contributed by atoms with van der Waals surface area (Å²) in [4.78, 5) is 5.70. The van der Waals surface area contributed by atoms with Crippen LogP contribution in [-0.2, 0) is 6.54 Å². The van der Waals surface area contributed by atoms with Gasteiger partial charge in [-0.25, -0.2) is 0 Å². The van der Waals surface area contributed by atoms with Crippen molar-refractivity contribution in [3.05, 3.63) is 36.0 Å². The standard InChI is InChI=1S/C16H25N3/c1-12(2)13(8-17)10-19(3)11-14-9-18-16-7-5-4-6-15(14)16/h4-7,9,12-13,18H,8,10-11,17H2,1-3H3. The van der Waals surface area contributed by atoms with Crippen LogP contribution >= 0.6 is 0 Å². The van der Waals surface area contributed by atoms with Gasteiger partial charge in [0.2, 0.25) is 0 Å². The molecule has 0 saturated carbocycles. The number of aromatic amines is 1. The number of aromatic nitrogens is 1. The van der Waals surface area contributed by atoms with E-state index in [-0.39, 0.29) is 0 Å². The maximum atomic E-state index is 5.85. The lowest BCUT2D eigenvalue weighted by Gasteiger charge is -2.25. The summed E-state index contributed by atoms with van der Waals surface area (Å²) in [5, 5.41) is 1.32. The zero-order valence-electron chi connectivity index (χ0n) is 12.2. The smallest absolute Gasteiger partial charge is 0.0457 e. The van der Waals surface area contributed by atoms with E-state index in [1.165, 1.54) is 16.5 Å². The van der Waals surface area contributed by atoms with E-state index in [1.807, 2.05) is 0 Å². The van der Waals surface area contributed by atoms with E-state index >= 15 is 0 Å². The Kier molecular flexibility index (Phi) is 4.61. The highest BCUT2D eigenvalue weighted by atomic mass is 15.1. The topological polar surface area (TPSA) is 45.0 Å². The third-order valence-corrected chi connectivity index (χ3v) is 3.91. The number of rotatable bonds is 6. The number of nitrogens with two attached hydrogens (primary N) is 1. The summed E-state index contributed by atoms with van der Waals surface area (Å²) in [7, 11) is 2.17. The first-order valence-electron chi connectivity index (χ1n) is 7.05. The van der Waals surface area contributed by atoms with Crippen LogP contribution in [0.5, 0.6) is 0 Å². The van der Waals surface area contributed by atoms with Gasteiger partial charge in [-0.2, -0.15) is 0 Å². The lowest BCUT2D eigenvalue weighted by Crippen LogP contribution is -2.32. The van der Waals surface area contributed by atoms with Gasteiger partial charge in [0.05, 0.1) is 0 Å². The van der Waals surface area contributed by atoms with E-state index in [0.717, 1.165) is 19.6 Å². The number of benzene rings is 1. The molecule has 0 aliphatic heterocycles. The first kappa shape index (κ1) is 14.1. The average Bonchev–Trinajstić information content (AvgIpc) is 2.79. The third-order valence-electron chi connectivity index (χ3n) is 3.91. The molecule has 1 atom stereocenters. The van der Waals surface area contributed by atoms with Gasteiger partial charge in [0.1, 0.15) is 0 Å². The van der Waals surface area contributed by atoms with Gasteiger partial charge in [-0.3, -0.25) is 0 Å². The molecule has 3 N–H and O–H groups in total. The molecule has 2 aromatic rings. The predicted molar refractivity (Wildman–Crippen MR) is 82.0 cm³/mol. The van der Waals surface area contributed by atoms with Crippen LogP contribution in [0.3, 0.4) is 0 Å². The molecule has 1 heterocycles. The Labute approximate surface area is 115 Å². The number of hydrogen-bond donors (Lipinski definition) is 2. The number of fused-ring (bicyclic) bond motifs is 1. The lowest BCUT2D eigenvalue weighted by molar-refractivity contribution is 0.235. The molecule has 19 heavy (non-hydrogen) atoms. The minimum absolute atomic E-state index is 0.565. The quantitative estimate of drug-likeness (QED) is 0.838. The summed E-state index contributed by atoms with van der Waals surface area (Å²) < 4.78 is 0. The van der Waals surface area contributed by atoms with Crippen molar-refractivity contribution in [1.82, 2.24) is 9.88 Å². The van der Waals surface area contributed by atoms with Gasteiger partial charge < -0.3 is 15.6 Å². The number of H-pyrrole nitrogens is 1.